The number of nitrogens with one attached hydrogen (secondary N) is 1. The molecule has 2 heterocycles. The quantitative estimate of drug-likeness (QED) is 0.159. The minimum absolute atomic E-state index is 0.0733. The summed E-state index contributed by atoms with van der Waals surface area (Å²) in [6.45, 7) is 0.871. The number of hydrogen-bond donors (Lipinski definition) is 1. The Labute approximate surface area is 258 Å². The second-order valence-corrected chi connectivity index (χ2v) is 12.6. The van der Waals surface area contributed by atoms with Gasteiger partial charge >= 0.3 is 5.56 Å². The van der Waals surface area contributed by atoms with E-state index in [1.807, 2.05) is 48.5 Å². The molecule has 0 amide bonds. The topological polar surface area (TPSA) is 115 Å². The summed E-state index contributed by atoms with van der Waals surface area (Å²) in [6.07, 6.45) is 6.20. The summed E-state index contributed by atoms with van der Waals surface area (Å²) < 4.78 is 1.50. The molecule has 1 aromatic heterocycles. The molecule has 222 valence electrons. The molecule has 1 saturated heterocycles. The van der Waals surface area contributed by atoms with Gasteiger partial charge in [-0.3, -0.25) is 14.9 Å². The second kappa shape index (κ2) is 12.3. The normalized spacial score (nSPS) is 18.9. The average molecular weight is 605 g/mol. The van der Waals surface area contributed by atoms with Crippen LogP contribution in [-0.4, -0.2) is 32.1 Å². The Balaban J connectivity index is 1.18. The van der Waals surface area contributed by atoms with Gasteiger partial charge in [-0.2, -0.15) is 9.78 Å². The SMILES string of the molecule is O=c1c(Sc2ccc3ccccc3c2)nnc(C2CCCCN2)n1N=C1CCC(c2ccc([N+](=O)[O-])c3ccccc23)CC1. The lowest BCUT2D eigenvalue weighted by molar-refractivity contribution is -0.383. The van der Waals surface area contributed by atoms with Crippen LogP contribution in [-0.2, 0) is 0 Å². The van der Waals surface area contributed by atoms with Crippen molar-refractivity contribution in [3.8, 4) is 0 Å². The summed E-state index contributed by atoms with van der Waals surface area (Å²) in [4.78, 5) is 26.2. The number of piperidine rings is 1. The van der Waals surface area contributed by atoms with Gasteiger partial charge in [0, 0.05) is 16.7 Å². The van der Waals surface area contributed by atoms with E-state index in [2.05, 4.69) is 39.8 Å². The summed E-state index contributed by atoms with van der Waals surface area (Å²) >= 11 is 1.32. The largest absolute Gasteiger partial charge is 0.307 e. The second-order valence-electron chi connectivity index (χ2n) is 11.5. The Morgan fingerprint density at radius 2 is 1.66 bits per heavy atom. The fourth-order valence-electron chi connectivity index (χ4n) is 6.49. The zero-order chi connectivity index (χ0) is 30.0. The van der Waals surface area contributed by atoms with E-state index in [0.717, 1.165) is 83.8 Å². The number of benzene rings is 4. The molecule has 5 aromatic rings. The van der Waals surface area contributed by atoms with Gasteiger partial charge in [-0.1, -0.05) is 72.8 Å². The van der Waals surface area contributed by atoms with Gasteiger partial charge in [0.05, 0.1) is 16.4 Å². The van der Waals surface area contributed by atoms with Crippen LogP contribution in [0, 0.1) is 10.1 Å². The Kier molecular flexibility index (Phi) is 7.93. The highest BCUT2D eigenvalue weighted by Gasteiger charge is 2.26. The number of hydrogen-bond acceptors (Lipinski definition) is 8. The fraction of sp³-hybridized carbons (Fsp3) is 0.294. The Bertz CT molecular complexity index is 1960. The third-order valence-electron chi connectivity index (χ3n) is 8.77. The summed E-state index contributed by atoms with van der Waals surface area (Å²) in [6, 6.07) is 25.3. The molecule has 1 saturated carbocycles. The molecule has 1 unspecified atom stereocenters. The van der Waals surface area contributed by atoms with Gasteiger partial charge in [-0.15, -0.1) is 10.2 Å². The predicted molar refractivity (Wildman–Crippen MR) is 174 cm³/mol. The average Bonchev–Trinajstić information content (AvgIpc) is 3.07. The first-order chi connectivity index (χ1) is 21.5. The van der Waals surface area contributed by atoms with Crippen LogP contribution in [0.2, 0.25) is 0 Å². The van der Waals surface area contributed by atoms with E-state index >= 15 is 0 Å². The molecular formula is C34H32N6O3S. The highest BCUT2D eigenvalue weighted by molar-refractivity contribution is 7.99. The van der Waals surface area contributed by atoms with E-state index in [1.165, 1.54) is 16.4 Å². The van der Waals surface area contributed by atoms with Crippen LogP contribution in [0.1, 0.15) is 68.3 Å². The van der Waals surface area contributed by atoms with Crippen molar-refractivity contribution in [2.75, 3.05) is 6.54 Å². The highest BCUT2D eigenvalue weighted by Crippen LogP contribution is 2.38. The number of non-ortho nitro benzene ring substituents is 1. The van der Waals surface area contributed by atoms with Crippen LogP contribution >= 0.6 is 11.8 Å². The zero-order valence-corrected chi connectivity index (χ0v) is 25.0. The third kappa shape index (κ3) is 5.62. The monoisotopic (exact) mass is 604 g/mol. The van der Waals surface area contributed by atoms with E-state index < -0.39 is 0 Å². The summed E-state index contributed by atoms with van der Waals surface area (Å²) in [5, 5.41) is 33.2. The molecule has 1 N–H and O–H groups in total. The zero-order valence-electron chi connectivity index (χ0n) is 24.2. The molecular weight excluding hydrogens is 572 g/mol. The molecule has 0 radical (unpaired) electrons. The van der Waals surface area contributed by atoms with Crippen molar-refractivity contribution in [3.63, 3.8) is 0 Å². The minimum atomic E-state index is -0.316. The number of nitro groups is 1. The summed E-state index contributed by atoms with van der Waals surface area (Å²) in [7, 11) is 0. The number of nitrogens with zero attached hydrogens (tertiary/aromatic N) is 5. The fourth-order valence-corrected chi connectivity index (χ4v) is 7.29. The number of nitro benzene ring substituents is 1. The molecule has 1 aliphatic heterocycles. The van der Waals surface area contributed by atoms with Crippen molar-refractivity contribution in [1.82, 2.24) is 20.2 Å². The molecule has 0 bridgehead atoms. The van der Waals surface area contributed by atoms with E-state index in [0.29, 0.717) is 16.2 Å². The van der Waals surface area contributed by atoms with Crippen molar-refractivity contribution in [3.05, 3.63) is 111 Å². The first-order valence-electron chi connectivity index (χ1n) is 15.2. The van der Waals surface area contributed by atoms with Gasteiger partial charge in [0.15, 0.2) is 10.9 Å². The van der Waals surface area contributed by atoms with Crippen molar-refractivity contribution >= 4 is 44.7 Å². The smallest absolute Gasteiger partial charge is 0.307 e. The van der Waals surface area contributed by atoms with Gasteiger partial charge in [-0.25, -0.2) is 0 Å². The first-order valence-corrected chi connectivity index (χ1v) is 16.0. The standard InChI is InChI=1S/C34H32N6O3S/c41-34-33(44-26-17-14-22-7-1-2-8-24(22)21-26)37-36-32(30-11-5-6-20-35-30)39(34)38-25-15-12-23(13-16-25)27-18-19-31(40(42)43)29-10-4-3-9-28(27)29/h1-4,7-10,14,17-19,21,23,30,35H,5-6,11-13,15-16,20H2. The number of aromatic nitrogens is 3. The molecule has 10 heteroatoms. The van der Waals surface area contributed by atoms with E-state index in [4.69, 9.17) is 5.10 Å². The molecule has 1 aliphatic carbocycles. The maximum absolute atomic E-state index is 13.9. The molecule has 7 rings (SSSR count). The van der Waals surface area contributed by atoms with Crippen LogP contribution in [0.15, 0.2) is 98.7 Å². The van der Waals surface area contributed by atoms with Crippen LogP contribution < -0.4 is 10.9 Å². The lowest BCUT2D eigenvalue weighted by Gasteiger charge is -2.26. The van der Waals surface area contributed by atoms with Gasteiger partial charge in [0.1, 0.15) is 0 Å². The van der Waals surface area contributed by atoms with Crippen molar-refractivity contribution in [1.29, 1.82) is 0 Å². The van der Waals surface area contributed by atoms with Crippen molar-refractivity contribution in [2.24, 2.45) is 5.10 Å². The lowest BCUT2D eigenvalue weighted by Crippen LogP contribution is -2.35. The van der Waals surface area contributed by atoms with E-state index in [9.17, 15) is 14.9 Å². The van der Waals surface area contributed by atoms with Crippen molar-refractivity contribution in [2.45, 2.75) is 66.8 Å². The Morgan fingerprint density at radius 1 is 0.886 bits per heavy atom. The van der Waals surface area contributed by atoms with Gasteiger partial charge < -0.3 is 5.32 Å². The Morgan fingerprint density at radius 3 is 2.43 bits per heavy atom. The minimum Gasteiger partial charge on any atom is -0.307 e. The van der Waals surface area contributed by atoms with E-state index in [1.54, 1.807) is 6.07 Å². The van der Waals surface area contributed by atoms with E-state index in [-0.39, 0.29) is 28.1 Å². The summed E-state index contributed by atoms with van der Waals surface area (Å²) in [5.41, 5.74) is 1.97. The van der Waals surface area contributed by atoms with Crippen molar-refractivity contribution < 1.29 is 4.92 Å². The lowest BCUT2D eigenvalue weighted by atomic mass is 9.81. The third-order valence-corrected chi connectivity index (χ3v) is 9.71. The molecule has 2 fully saturated rings. The molecule has 2 aliphatic rings. The number of rotatable bonds is 6. The van der Waals surface area contributed by atoms with Crippen LogP contribution in [0.5, 0.6) is 0 Å². The maximum atomic E-state index is 13.9. The van der Waals surface area contributed by atoms with Crippen LogP contribution in [0.3, 0.4) is 0 Å². The van der Waals surface area contributed by atoms with Crippen LogP contribution in [0.25, 0.3) is 21.5 Å². The molecule has 0 spiro atoms. The molecule has 1 atom stereocenters. The molecule has 44 heavy (non-hydrogen) atoms. The van der Waals surface area contributed by atoms with Gasteiger partial charge in [0.25, 0.3) is 5.69 Å². The number of fused-ring (bicyclic) bond motifs is 2. The first kappa shape index (κ1) is 28.4. The summed E-state index contributed by atoms with van der Waals surface area (Å²) in [5.74, 6) is 0.819. The molecule has 9 nitrogen and oxygen atoms in total. The molecule has 4 aromatic carbocycles. The van der Waals surface area contributed by atoms with Gasteiger partial charge in [0.2, 0.25) is 0 Å². The maximum Gasteiger partial charge on any atom is 0.307 e. The Hall–Kier alpha value is -4.41. The van der Waals surface area contributed by atoms with Crippen LogP contribution in [0.4, 0.5) is 5.69 Å². The van der Waals surface area contributed by atoms with Gasteiger partial charge in [-0.05, 0) is 90.9 Å². The highest BCUT2D eigenvalue weighted by atomic mass is 32.2. The predicted octanol–water partition coefficient (Wildman–Crippen LogP) is 7.38.